The highest BCUT2D eigenvalue weighted by molar-refractivity contribution is 7.13. The first-order valence-electron chi connectivity index (χ1n) is 4.90. The van der Waals surface area contributed by atoms with E-state index in [9.17, 15) is 0 Å². The second-order valence-electron chi connectivity index (χ2n) is 3.61. The predicted molar refractivity (Wildman–Crippen MR) is 59.4 cm³/mol. The lowest BCUT2D eigenvalue weighted by Crippen LogP contribution is -1.96. The van der Waals surface area contributed by atoms with Gasteiger partial charge in [-0.05, 0) is 25.7 Å². The summed E-state index contributed by atoms with van der Waals surface area (Å²) in [5.74, 6) is 0.768. The molecule has 0 fully saturated rings. The average Bonchev–Trinajstić information content (AvgIpc) is 2.50. The molecule has 0 amide bonds. The molecule has 1 N–H and O–H groups in total. The molecular weight excluding hydrogens is 180 g/mol. The smallest absolute Gasteiger partial charge is 0.182 e. The molecule has 1 aromatic heterocycles. The maximum absolute atomic E-state index is 4.48. The van der Waals surface area contributed by atoms with Gasteiger partial charge in [0.1, 0.15) is 0 Å². The number of rotatable bonds is 5. The molecule has 0 spiro atoms. The van der Waals surface area contributed by atoms with Gasteiger partial charge in [0.05, 0.1) is 5.69 Å². The van der Waals surface area contributed by atoms with E-state index in [1.54, 1.807) is 11.3 Å². The van der Waals surface area contributed by atoms with Gasteiger partial charge in [-0.1, -0.05) is 13.8 Å². The molecule has 1 rings (SSSR count). The van der Waals surface area contributed by atoms with Crippen LogP contribution < -0.4 is 5.32 Å². The highest BCUT2D eigenvalue weighted by atomic mass is 32.1. The van der Waals surface area contributed by atoms with Gasteiger partial charge in [-0.2, -0.15) is 0 Å². The minimum absolute atomic E-state index is 0.768. The van der Waals surface area contributed by atoms with Crippen LogP contribution in [-0.2, 0) is 6.42 Å². The number of aromatic nitrogens is 1. The van der Waals surface area contributed by atoms with Gasteiger partial charge in [0.2, 0.25) is 0 Å². The summed E-state index contributed by atoms with van der Waals surface area (Å²) in [6.07, 6.45) is 2.34. The van der Waals surface area contributed by atoms with Crippen LogP contribution >= 0.6 is 11.3 Å². The fourth-order valence-electron chi connectivity index (χ4n) is 1.09. The second-order valence-corrected chi connectivity index (χ2v) is 4.46. The Morgan fingerprint density at radius 3 is 2.92 bits per heavy atom. The van der Waals surface area contributed by atoms with Gasteiger partial charge in [0.15, 0.2) is 5.13 Å². The summed E-state index contributed by atoms with van der Waals surface area (Å²) in [6.45, 7) is 7.54. The number of aryl methyl sites for hydroxylation is 1. The Labute approximate surface area is 84.4 Å². The van der Waals surface area contributed by atoms with E-state index in [4.69, 9.17) is 0 Å². The summed E-state index contributed by atoms with van der Waals surface area (Å²) in [5, 5.41) is 6.43. The van der Waals surface area contributed by atoms with E-state index in [-0.39, 0.29) is 0 Å². The summed E-state index contributed by atoms with van der Waals surface area (Å²) in [7, 11) is 0. The van der Waals surface area contributed by atoms with Crippen LogP contribution in [0.1, 0.15) is 32.9 Å². The van der Waals surface area contributed by atoms with Crippen molar-refractivity contribution >= 4 is 16.5 Å². The number of nitrogens with zero attached hydrogens (tertiary/aromatic N) is 1. The Bertz CT molecular complexity index is 243. The van der Waals surface area contributed by atoms with Gasteiger partial charge in [-0.15, -0.1) is 11.3 Å². The molecule has 3 heteroatoms. The summed E-state index contributed by atoms with van der Waals surface area (Å²) in [4.78, 5) is 4.48. The number of thiazole rings is 1. The lowest BCUT2D eigenvalue weighted by Gasteiger charge is -2.00. The molecule has 0 aliphatic heterocycles. The van der Waals surface area contributed by atoms with Gasteiger partial charge in [-0.3, -0.25) is 0 Å². The SMILES string of the molecule is CCNc1nc(CCC(C)C)cs1. The fourth-order valence-corrected chi connectivity index (χ4v) is 1.91. The van der Waals surface area contributed by atoms with Crippen LogP contribution in [0.2, 0.25) is 0 Å². The maximum atomic E-state index is 4.48. The minimum Gasteiger partial charge on any atom is -0.362 e. The Balaban J connectivity index is 2.39. The molecule has 1 aromatic rings. The Hall–Kier alpha value is -0.570. The maximum Gasteiger partial charge on any atom is 0.182 e. The Morgan fingerprint density at radius 2 is 2.31 bits per heavy atom. The average molecular weight is 198 g/mol. The molecular formula is C10H18N2S. The number of hydrogen-bond donors (Lipinski definition) is 1. The predicted octanol–water partition coefficient (Wildman–Crippen LogP) is 3.16. The van der Waals surface area contributed by atoms with Crippen LogP contribution in [-0.4, -0.2) is 11.5 Å². The van der Waals surface area contributed by atoms with Crippen molar-refractivity contribution in [3.8, 4) is 0 Å². The first-order chi connectivity index (χ1) is 6.22. The van der Waals surface area contributed by atoms with Gasteiger partial charge in [-0.25, -0.2) is 4.98 Å². The zero-order valence-electron chi connectivity index (χ0n) is 8.63. The third-order valence-electron chi connectivity index (χ3n) is 1.86. The first kappa shape index (κ1) is 10.5. The third-order valence-corrected chi connectivity index (χ3v) is 2.71. The van der Waals surface area contributed by atoms with Crippen LogP contribution in [0.4, 0.5) is 5.13 Å². The Morgan fingerprint density at radius 1 is 1.54 bits per heavy atom. The van der Waals surface area contributed by atoms with Gasteiger partial charge >= 0.3 is 0 Å². The summed E-state index contributed by atoms with van der Waals surface area (Å²) < 4.78 is 0. The molecule has 74 valence electrons. The number of hydrogen-bond acceptors (Lipinski definition) is 3. The Kier molecular flexibility index (Phi) is 4.22. The number of anilines is 1. The van der Waals surface area contributed by atoms with Crippen LogP contribution in [0.15, 0.2) is 5.38 Å². The van der Waals surface area contributed by atoms with E-state index >= 15 is 0 Å². The molecule has 1 heterocycles. The van der Waals surface area contributed by atoms with E-state index in [0.29, 0.717) is 0 Å². The lowest BCUT2D eigenvalue weighted by molar-refractivity contribution is 0.582. The van der Waals surface area contributed by atoms with Crippen molar-refractivity contribution in [2.45, 2.75) is 33.6 Å². The second kappa shape index (κ2) is 5.22. The van der Waals surface area contributed by atoms with E-state index in [0.717, 1.165) is 24.0 Å². The quantitative estimate of drug-likeness (QED) is 0.786. The highest BCUT2D eigenvalue weighted by Gasteiger charge is 2.01. The topological polar surface area (TPSA) is 24.9 Å². The van der Waals surface area contributed by atoms with Crippen LogP contribution in [0.25, 0.3) is 0 Å². The van der Waals surface area contributed by atoms with Crippen molar-refractivity contribution < 1.29 is 0 Å². The van der Waals surface area contributed by atoms with E-state index in [2.05, 4.69) is 36.5 Å². The molecule has 0 aliphatic rings. The highest BCUT2D eigenvalue weighted by Crippen LogP contribution is 2.17. The molecule has 0 atom stereocenters. The van der Waals surface area contributed by atoms with Crippen LogP contribution in [0.3, 0.4) is 0 Å². The monoisotopic (exact) mass is 198 g/mol. The molecule has 0 saturated carbocycles. The standard InChI is InChI=1S/C10H18N2S/c1-4-11-10-12-9(7-13-10)6-5-8(2)3/h7-8H,4-6H2,1-3H3,(H,11,12). The van der Waals surface area contributed by atoms with E-state index in [1.165, 1.54) is 12.1 Å². The molecule has 0 aromatic carbocycles. The van der Waals surface area contributed by atoms with Crippen molar-refractivity contribution in [2.24, 2.45) is 5.92 Å². The molecule has 0 aliphatic carbocycles. The molecule has 0 bridgehead atoms. The van der Waals surface area contributed by atoms with Gasteiger partial charge < -0.3 is 5.32 Å². The van der Waals surface area contributed by atoms with Crippen molar-refractivity contribution in [2.75, 3.05) is 11.9 Å². The molecule has 2 nitrogen and oxygen atoms in total. The summed E-state index contributed by atoms with van der Waals surface area (Å²) in [6, 6.07) is 0. The minimum atomic E-state index is 0.768. The zero-order chi connectivity index (χ0) is 9.68. The largest absolute Gasteiger partial charge is 0.362 e. The number of nitrogens with one attached hydrogen (secondary N) is 1. The van der Waals surface area contributed by atoms with Crippen molar-refractivity contribution in [3.63, 3.8) is 0 Å². The van der Waals surface area contributed by atoms with Gasteiger partial charge in [0, 0.05) is 11.9 Å². The lowest BCUT2D eigenvalue weighted by atomic mass is 10.1. The summed E-state index contributed by atoms with van der Waals surface area (Å²) in [5.41, 5.74) is 1.23. The van der Waals surface area contributed by atoms with E-state index < -0.39 is 0 Å². The zero-order valence-corrected chi connectivity index (χ0v) is 9.45. The van der Waals surface area contributed by atoms with Gasteiger partial charge in [0.25, 0.3) is 0 Å². The van der Waals surface area contributed by atoms with Crippen LogP contribution in [0, 0.1) is 5.92 Å². The molecule has 0 radical (unpaired) electrons. The van der Waals surface area contributed by atoms with Crippen molar-refractivity contribution in [3.05, 3.63) is 11.1 Å². The fraction of sp³-hybridized carbons (Fsp3) is 0.700. The van der Waals surface area contributed by atoms with Crippen molar-refractivity contribution in [1.29, 1.82) is 0 Å². The van der Waals surface area contributed by atoms with Crippen LogP contribution in [0.5, 0.6) is 0 Å². The molecule has 0 unspecified atom stereocenters. The molecule has 0 saturated heterocycles. The summed E-state index contributed by atoms with van der Waals surface area (Å²) >= 11 is 1.70. The first-order valence-corrected chi connectivity index (χ1v) is 5.78. The van der Waals surface area contributed by atoms with E-state index in [1.807, 2.05) is 0 Å². The normalized spacial score (nSPS) is 10.8. The van der Waals surface area contributed by atoms with Crippen molar-refractivity contribution in [1.82, 2.24) is 4.98 Å². The third kappa shape index (κ3) is 3.77. The molecule has 13 heavy (non-hydrogen) atoms.